The number of nitrogens with zero attached hydrogens (tertiary/aromatic N) is 1. The van der Waals surface area contributed by atoms with Gasteiger partial charge in [0.05, 0.1) is 0 Å². The molecule has 0 N–H and O–H groups in total. The van der Waals surface area contributed by atoms with Crippen molar-refractivity contribution in [3.05, 3.63) is 73.0 Å². The average Bonchev–Trinajstić information content (AvgIpc) is 2.37. The third-order valence-electron chi connectivity index (χ3n) is 2.08. The van der Waals surface area contributed by atoms with Crippen LogP contribution in [0.4, 0.5) is 0 Å². The van der Waals surface area contributed by atoms with E-state index in [-0.39, 0.29) is 5.78 Å². The maximum absolute atomic E-state index is 11.3. The zero-order chi connectivity index (χ0) is 12.9. The fourth-order valence-electron chi connectivity index (χ4n) is 1.21. The Bertz CT molecular complexity index is 446. The summed E-state index contributed by atoms with van der Waals surface area (Å²) < 4.78 is 0. The first-order valence-electron chi connectivity index (χ1n) is 5.95. The Hall–Kier alpha value is -2.22. The lowest BCUT2D eigenvalue weighted by molar-refractivity contribution is -0.110. The van der Waals surface area contributed by atoms with E-state index in [9.17, 15) is 4.79 Å². The molecule has 1 rings (SSSR count). The summed E-state index contributed by atoms with van der Waals surface area (Å²) in [5.74, 6) is -0.0302. The van der Waals surface area contributed by atoms with E-state index in [4.69, 9.17) is 0 Å². The summed E-state index contributed by atoms with van der Waals surface area (Å²) >= 11 is 0. The molecule has 0 unspecified atom stereocenters. The largest absolute Gasteiger partial charge is 0.290 e. The molecule has 0 radical (unpaired) electrons. The van der Waals surface area contributed by atoms with Gasteiger partial charge in [0, 0.05) is 12.4 Å². The summed E-state index contributed by atoms with van der Waals surface area (Å²) in [5, 5.41) is 0. The summed E-state index contributed by atoms with van der Waals surface area (Å²) in [6.07, 6.45) is 25.3. The van der Waals surface area contributed by atoms with Crippen LogP contribution in [0.15, 0.2) is 78.0 Å². The second-order valence-electron chi connectivity index (χ2n) is 3.58. The van der Waals surface area contributed by atoms with Crippen molar-refractivity contribution in [3.63, 3.8) is 0 Å². The highest BCUT2D eigenvalue weighted by Crippen LogP contribution is 1.94. The van der Waals surface area contributed by atoms with Gasteiger partial charge in [-0.1, -0.05) is 42.5 Å². The molecule has 1 aliphatic heterocycles. The van der Waals surface area contributed by atoms with E-state index in [1.165, 1.54) is 6.08 Å². The maximum atomic E-state index is 11.3. The van der Waals surface area contributed by atoms with Gasteiger partial charge in [-0.2, -0.15) is 0 Å². The van der Waals surface area contributed by atoms with Crippen LogP contribution in [0.1, 0.15) is 12.8 Å². The minimum atomic E-state index is -0.0302. The first-order valence-corrected chi connectivity index (χ1v) is 5.95. The quantitative estimate of drug-likeness (QED) is 0.633. The van der Waals surface area contributed by atoms with Crippen molar-refractivity contribution in [2.24, 2.45) is 4.99 Å². The molecule has 0 aromatic heterocycles. The zero-order valence-electron chi connectivity index (χ0n) is 10.3. The minimum absolute atomic E-state index is 0.0302. The fourth-order valence-corrected chi connectivity index (χ4v) is 1.21. The predicted molar refractivity (Wildman–Crippen MR) is 77.6 cm³/mol. The van der Waals surface area contributed by atoms with Crippen LogP contribution in [0.25, 0.3) is 0 Å². The van der Waals surface area contributed by atoms with E-state index in [0.717, 1.165) is 12.8 Å². The molecule has 0 fully saturated rings. The Balaban J connectivity index is 2.66. The number of hydrogen-bond acceptors (Lipinski definition) is 2. The van der Waals surface area contributed by atoms with Gasteiger partial charge in [0.25, 0.3) is 0 Å². The highest BCUT2D eigenvalue weighted by Gasteiger charge is 1.84. The number of hydrogen-bond donors (Lipinski definition) is 0. The van der Waals surface area contributed by atoms with E-state index in [2.05, 4.69) is 11.1 Å². The Morgan fingerprint density at radius 1 is 0.778 bits per heavy atom. The van der Waals surface area contributed by atoms with Crippen LogP contribution in [0, 0.1) is 0 Å². The molecule has 92 valence electrons. The van der Waals surface area contributed by atoms with Crippen LogP contribution in [0.3, 0.4) is 0 Å². The topological polar surface area (TPSA) is 29.4 Å². The van der Waals surface area contributed by atoms with Gasteiger partial charge < -0.3 is 0 Å². The van der Waals surface area contributed by atoms with Crippen LogP contribution in [0.2, 0.25) is 0 Å². The number of ketones is 1. The molecule has 0 amide bonds. The predicted octanol–water partition coefficient (Wildman–Crippen LogP) is 3.71. The van der Waals surface area contributed by atoms with Gasteiger partial charge in [-0.3, -0.25) is 9.79 Å². The van der Waals surface area contributed by atoms with Gasteiger partial charge in [0.2, 0.25) is 0 Å². The lowest BCUT2D eigenvalue weighted by atomic mass is 10.2. The molecule has 1 aliphatic rings. The zero-order valence-corrected chi connectivity index (χ0v) is 10.3. The Morgan fingerprint density at radius 2 is 1.44 bits per heavy atom. The van der Waals surface area contributed by atoms with Crippen molar-refractivity contribution in [2.45, 2.75) is 12.8 Å². The second-order valence-corrected chi connectivity index (χ2v) is 3.58. The number of allylic oxidation sites excluding steroid dienone is 11. The van der Waals surface area contributed by atoms with E-state index in [1.54, 1.807) is 36.7 Å². The first-order chi connectivity index (χ1) is 8.89. The first kappa shape index (κ1) is 13.8. The molecule has 0 aliphatic carbocycles. The van der Waals surface area contributed by atoms with Crippen molar-refractivity contribution >= 4 is 12.0 Å². The molecule has 2 heteroatoms. The van der Waals surface area contributed by atoms with Gasteiger partial charge >= 0.3 is 0 Å². The Labute approximate surface area is 108 Å². The lowest BCUT2D eigenvalue weighted by Gasteiger charge is -1.84. The molecular formula is C16H17NO. The second kappa shape index (κ2) is 9.97. The number of carbonyl (C=O) groups excluding carboxylic acids is 1. The van der Waals surface area contributed by atoms with Crippen LogP contribution in [0.5, 0.6) is 0 Å². The maximum Gasteiger partial charge on any atom is 0.178 e. The number of aliphatic imine (C=N–C) groups is 1. The smallest absolute Gasteiger partial charge is 0.178 e. The molecule has 0 bridgehead atoms. The Morgan fingerprint density at radius 3 is 2.22 bits per heavy atom. The van der Waals surface area contributed by atoms with Crippen LogP contribution < -0.4 is 0 Å². The van der Waals surface area contributed by atoms with Crippen molar-refractivity contribution in [3.8, 4) is 0 Å². The molecule has 18 heavy (non-hydrogen) atoms. The van der Waals surface area contributed by atoms with E-state index < -0.39 is 0 Å². The summed E-state index contributed by atoms with van der Waals surface area (Å²) in [5.41, 5.74) is 0. The average molecular weight is 239 g/mol. The van der Waals surface area contributed by atoms with Crippen LogP contribution in [-0.2, 0) is 4.79 Å². The van der Waals surface area contributed by atoms with Gasteiger partial charge in [0.15, 0.2) is 5.78 Å². The summed E-state index contributed by atoms with van der Waals surface area (Å²) in [6, 6.07) is 0. The number of rotatable bonds is 0. The standard InChI is InChI=1S/C16H17NO/c18-16-12-8-6-4-2-1-3-5-7-10-14-17-15-11-9-13-16/h3-15H,1-2H2/b5-3-,6-4-,10-7-,12-8-,13-9-,15-11-,17-14+. The van der Waals surface area contributed by atoms with Crippen molar-refractivity contribution in [1.29, 1.82) is 0 Å². The summed E-state index contributed by atoms with van der Waals surface area (Å²) in [7, 11) is 0. The van der Waals surface area contributed by atoms with Gasteiger partial charge in [0.1, 0.15) is 0 Å². The van der Waals surface area contributed by atoms with E-state index in [1.807, 2.05) is 30.4 Å². The van der Waals surface area contributed by atoms with Gasteiger partial charge in [-0.15, -0.1) is 0 Å². The molecular weight excluding hydrogens is 222 g/mol. The SMILES string of the molecule is O=C1/C=C\C=C/CC\C=C/C=C\C=N\C=C/C=C\1. The highest BCUT2D eigenvalue weighted by atomic mass is 16.1. The molecule has 2 nitrogen and oxygen atoms in total. The van der Waals surface area contributed by atoms with Crippen molar-refractivity contribution in [1.82, 2.24) is 0 Å². The number of carbonyl (C=O) groups is 1. The van der Waals surface area contributed by atoms with Crippen LogP contribution >= 0.6 is 0 Å². The van der Waals surface area contributed by atoms with E-state index >= 15 is 0 Å². The highest BCUT2D eigenvalue weighted by molar-refractivity contribution is 5.99. The molecule has 0 spiro atoms. The normalized spacial score (nSPS) is 29.7. The van der Waals surface area contributed by atoms with Crippen molar-refractivity contribution in [2.75, 3.05) is 0 Å². The molecule has 0 atom stereocenters. The van der Waals surface area contributed by atoms with E-state index in [0.29, 0.717) is 0 Å². The summed E-state index contributed by atoms with van der Waals surface area (Å²) in [6.45, 7) is 0. The summed E-state index contributed by atoms with van der Waals surface area (Å²) in [4.78, 5) is 15.4. The third-order valence-corrected chi connectivity index (χ3v) is 2.08. The van der Waals surface area contributed by atoms with Gasteiger partial charge in [-0.25, -0.2) is 0 Å². The molecule has 0 saturated heterocycles. The molecule has 0 saturated carbocycles. The monoisotopic (exact) mass is 239 g/mol. The fraction of sp³-hybridized carbons (Fsp3) is 0.125. The lowest BCUT2D eigenvalue weighted by Crippen LogP contribution is -1.82. The minimum Gasteiger partial charge on any atom is -0.290 e. The Kier molecular flexibility index (Phi) is 7.67. The van der Waals surface area contributed by atoms with Crippen molar-refractivity contribution < 1.29 is 4.79 Å². The molecule has 1 heterocycles. The molecule has 0 aromatic carbocycles. The molecule has 0 aromatic rings. The van der Waals surface area contributed by atoms with Crippen LogP contribution in [-0.4, -0.2) is 12.0 Å². The van der Waals surface area contributed by atoms with Gasteiger partial charge in [-0.05, 0) is 37.1 Å². The third kappa shape index (κ3) is 7.99.